The van der Waals surface area contributed by atoms with Crippen LogP contribution in [0.25, 0.3) is 0 Å². The van der Waals surface area contributed by atoms with E-state index in [0.717, 1.165) is 51.7 Å². The standard InChI is InChI=1S/C13H25N3O.2ClH/c1-2-16-9-5-6-11(10-16)15-12(17)13(14)7-3-4-8-13;;/h11H,2-10,14H2,1H3,(H,15,17);2*1H. The van der Waals surface area contributed by atoms with Crippen LogP contribution in [0.4, 0.5) is 0 Å². The fourth-order valence-electron chi connectivity index (χ4n) is 3.02. The molecule has 1 aliphatic heterocycles. The van der Waals surface area contributed by atoms with Gasteiger partial charge in [-0.2, -0.15) is 0 Å². The second kappa shape index (κ2) is 8.30. The third-order valence-electron chi connectivity index (χ3n) is 4.24. The highest BCUT2D eigenvalue weighted by atomic mass is 35.5. The van der Waals surface area contributed by atoms with Crippen LogP contribution in [-0.2, 0) is 4.79 Å². The van der Waals surface area contributed by atoms with E-state index in [9.17, 15) is 4.79 Å². The molecule has 3 N–H and O–H groups in total. The summed E-state index contributed by atoms with van der Waals surface area (Å²) >= 11 is 0. The maximum absolute atomic E-state index is 12.2. The van der Waals surface area contributed by atoms with Crippen molar-refractivity contribution in [2.24, 2.45) is 5.73 Å². The quantitative estimate of drug-likeness (QED) is 0.834. The van der Waals surface area contributed by atoms with Gasteiger partial charge < -0.3 is 16.0 Å². The van der Waals surface area contributed by atoms with Crippen molar-refractivity contribution in [3.05, 3.63) is 0 Å². The molecular formula is C13H27Cl2N3O. The molecule has 0 spiro atoms. The molecule has 2 aliphatic rings. The topological polar surface area (TPSA) is 58.4 Å². The Hall–Kier alpha value is -0.0300. The van der Waals surface area contributed by atoms with Gasteiger partial charge in [-0.15, -0.1) is 24.8 Å². The Morgan fingerprint density at radius 1 is 1.32 bits per heavy atom. The normalized spacial score (nSPS) is 26.1. The predicted molar refractivity (Wildman–Crippen MR) is 83.2 cm³/mol. The molecule has 1 heterocycles. The summed E-state index contributed by atoms with van der Waals surface area (Å²) in [7, 11) is 0. The highest BCUT2D eigenvalue weighted by Gasteiger charge is 2.38. The first-order valence-electron chi connectivity index (χ1n) is 6.96. The van der Waals surface area contributed by atoms with Crippen molar-refractivity contribution < 1.29 is 4.79 Å². The maximum Gasteiger partial charge on any atom is 0.240 e. The van der Waals surface area contributed by atoms with E-state index in [1.54, 1.807) is 0 Å². The molecule has 1 atom stereocenters. The van der Waals surface area contributed by atoms with Crippen molar-refractivity contribution in [3.63, 3.8) is 0 Å². The Kier molecular flexibility index (Phi) is 8.29. The first-order valence-corrected chi connectivity index (χ1v) is 6.96. The van der Waals surface area contributed by atoms with E-state index in [4.69, 9.17) is 5.73 Å². The monoisotopic (exact) mass is 311 g/mol. The second-order valence-corrected chi connectivity index (χ2v) is 5.57. The van der Waals surface area contributed by atoms with Crippen LogP contribution in [0, 0.1) is 0 Å². The zero-order valence-electron chi connectivity index (χ0n) is 11.7. The summed E-state index contributed by atoms with van der Waals surface area (Å²) in [5.74, 6) is 0.0814. The highest BCUT2D eigenvalue weighted by Crippen LogP contribution is 2.27. The van der Waals surface area contributed by atoms with E-state index in [0.29, 0.717) is 6.04 Å². The molecule has 1 saturated carbocycles. The number of nitrogens with two attached hydrogens (primary N) is 1. The third-order valence-corrected chi connectivity index (χ3v) is 4.24. The number of nitrogens with one attached hydrogen (secondary N) is 1. The smallest absolute Gasteiger partial charge is 0.240 e. The van der Waals surface area contributed by atoms with Crippen LogP contribution in [-0.4, -0.2) is 42.0 Å². The molecule has 1 amide bonds. The van der Waals surface area contributed by atoms with E-state index in [1.165, 1.54) is 6.42 Å². The van der Waals surface area contributed by atoms with Crippen LogP contribution >= 0.6 is 24.8 Å². The van der Waals surface area contributed by atoms with Crippen molar-refractivity contribution in [2.75, 3.05) is 19.6 Å². The molecule has 19 heavy (non-hydrogen) atoms. The number of carbonyl (C=O) groups excluding carboxylic acids is 1. The average molecular weight is 312 g/mol. The molecule has 6 heteroatoms. The lowest BCUT2D eigenvalue weighted by Gasteiger charge is -2.34. The zero-order valence-corrected chi connectivity index (χ0v) is 13.3. The van der Waals surface area contributed by atoms with Gasteiger partial charge in [-0.3, -0.25) is 4.79 Å². The molecule has 1 unspecified atom stereocenters. The van der Waals surface area contributed by atoms with Gasteiger partial charge in [0.1, 0.15) is 0 Å². The van der Waals surface area contributed by atoms with Gasteiger partial charge in [-0.25, -0.2) is 0 Å². The molecule has 0 aromatic carbocycles. The minimum absolute atomic E-state index is 0. The van der Waals surface area contributed by atoms with E-state index < -0.39 is 5.54 Å². The van der Waals surface area contributed by atoms with Crippen LogP contribution < -0.4 is 11.1 Å². The lowest BCUT2D eigenvalue weighted by atomic mass is 9.96. The van der Waals surface area contributed by atoms with E-state index in [-0.39, 0.29) is 30.7 Å². The predicted octanol–water partition coefficient (Wildman–Crippen LogP) is 1.70. The summed E-state index contributed by atoms with van der Waals surface area (Å²) in [6.07, 6.45) is 6.16. The van der Waals surface area contributed by atoms with Crippen LogP contribution in [0.5, 0.6) is 0 Å². The summed E-state index contributed by atoms with van der Waals surface area (Å²) in [4.78, 5) is 14.6. The number of carbonyl (C=O) groups is 1. The number of likely N-dealkylation sites (N-methyl/N-ethyl adjacent to an activating group) is 1. The van der Waals surface area contributed by atoms with Crippen molar-refractivity contribution in [1.29, 1.82) is 0 Å². The number of rotatable bonds is 3. The molecule has 0 aromatic heterocycles. The van der Waals surface area contributed by atoms with Gasteiger partial charge in [0.05, 0.1) is 5.54 Å². The van der Waals surface area contributed by atoms with Gasteiger partial charge in [-0.1, -0.05) is 19.8 Å². The summed E-state index contributed by atoms with van der Waals surface area (Å²) in [6.45, 7) is 5.39. The highest BCUT2D eigenvalue weighted by molar-refractivity contribution is 5.86. The number of hydrogen-bond donors (Lipinski definition) is 2. The number of nitrogens with zero attached hydrogens (tertiary/aromatic N) is 1. The van der Waals surface area contributed by atoms with Gasteiger partial charge in [0, 0.05) is 12.6 Å². The van der Waals surface area contributed by atoms with Crippen molar-refractivity contribution >= 4 is 30.7 Å². The molecule has 4 nitrogen and oxygen atoms in total. The molecule has 114 valence electrons. The Morgan fingerprint density at radius 3 is 2.53 bits per heavy atom. The van der Waals surface area contributed by atoms with E-state index in [2.05, 4.69) is 17.1 Å². The number of hydrogen-bond acceptors (Lipinski definition) is 3. The number of amides is 1. The Balaban J connectivity index is 0.00000162. The van der Waals surface area contributed by atoms with Gasteiger partial charge in [0.15, 0.2) is 0 Å². The molecule has 0 aromatic rings. The molecule has 2 fully saturated rings. The largest absolute Gasteiger partial charge is 0.350 e. The number of piperidine rings is 1. The Labute approximate surface area is 128 Å². The maximum atomic E-state index is 12.2. The summed E-state index contributed by atoms with van der Waals surface area (Å²) < 4.78 is 0. The molecule has 1 aliphatic carbocycles. The molecule has 1 saturated heterocycles. The first-order chi connectivity index (χ1) is 8.14. The SMILES string of the molecule is CCN1CCCC(NC(=O)C2(N)CCCC2)C1.Cl.Cl. The summed E-state index contributed by atoms with van der Waals surface area (Å²) in [5, 5.41) is 3.16. The zero-order chi connectivity index (χ0) is 12.3. The van der Waals surface area contributed by atoms with E-state index in [1.807, 2.05) is 0 Å². The van der Waals surface area contributed by atoms with Gasteiger partial charge in [0.25, 0.3) is 0 Å². The summed E-state index contributed by atoms with van der Waals surface area (Å²) in [5.41, 5.74) is 5.59. The van der Waals surface area contributed by atoms with Crippen molar-refractivity contribution in [3.8, 4) is 0 Å². The van der Waals surface area contributed by atoms with Crippen LogP contribution in [0.15, 0.2) is 0 Å². The first kappa shape index (κ1) is 19.0. The summed E-state index contributed by atoms with van der Waals surface area (Å²) in [6, 6.07) is 0.303. The van der Waals surface area contributed by atoms with Crippen molar-refractivity contribution in [2.45, 2.75) is 57.0 Å². The lowest BCUT2D eigenvalue weighted by molar-refractivity contribution is -0.127. The minimum Gasteiger partial charge on any atom is -0.350 e. The second-order valence-electron chi connectivity index (χ2n) is 5.57. The average Bonchev–Trinajstić information content (AvgIpc) is 2.78. The minimum atomic E-state index is -0.575. The fraction of sp³-hybridized carbons (Fsp3) is 0.923. The molecule has 2 rings (SSSR count). The van der Waals surface area contributed by atoms with E-state index >= 15 is 0 Å². The number of halogens is 2. The van der Waals surface area contributed by atoms with Gasteiger partial charge >= 0.3 is 0 Å². The van der Waals surface area contributed by atoms with Gasteiger partial charge in [-0.05, 0) is 38.8 Å². The third kappa shape index (κ3) is 4.78. The number of likely N-dealkylation sites (tertiary alicyclic amines) is 1. The van der Waals surface area contributed by atoms with Crippen molar-refractivity contribution in [1.82, 2.24) is 10.2 Å². The Bertz CT molecular complexity index is 283. The van der Waals surface area contributed by atoms with Crippen LogP contribution in [0.3, 0.4) is 0 Å². The van der Waals surface area contributed by atoms with Crippen LogP contribution in [0.1, 0.15) is 45.4 Å². The molecule has 0 radical (unpaired) electrons. The Morgan fingerprint density at radius 2 is 1.95 bits per heavy atom. The van der Waals surface area contributed by atoms with Crippen LogP contribution in [0.2, 0.25) is 0 Å². The molecule has 0 bridgehead atoms. The fourth-order valence-corrected chi connectivity index (χ4v) is 3.02. The lowest BCUT2D eigenvalue weighted by Crippen LogP contribution is -2.57. The molecular weight excluding hydrogens is 285 g/mol. The van der Waals surface area contributed by atoms with Gasteiger partial charge in [0.2, 0.25) is 5.91 Å².